The van der Waals surface area contributed by atoms with Crippen molar-refractivity contribution in [2.75, 3.05) is 19.7 Å². The summed E-state index contributed by atoms with van der Waals surface area (Å²) < 4.78 is 12.7. The Labute approximate surface area is 176 Å². The van der Waals surface area contributed by atoms with Crippen LogP contribution in [0.15, 0.2) is 42.5 Å². The number of halogens is 2. The summed E-state index contributed by atoms with van der Waals surface area (Å²) in [6.07, 6.45) is 1.60. The van der Waals surface area contributed by atoms with Gasteiger partial charge in [0.1, 0.15) is 11.9 Å². The van der Waals surface area contributed by atoms with Crippen LogP contribution < -0.4 is 9.47 Å². The fourth-order valence-corrected chi connectivity index (χ4v) is 4.43. The predicted molar refractivity (Wildman–Crippen MR) is 112 cm³/mol. The van der Waals surface area contributed by atoms with Crippen LogP contribution in [0.25, 0.3) is 10.2 Å². The highest BCUT2D eigenvalue weighted by Crippen LogP contribution is 2.30. The number of thiazole rings is 1. The van der Waals surface area contributed by atoms with Gasteiger partial charge in [0.25, 0.3) is 11.1 Å². The standard InChI is InChI=1S/C20H18Cl2N2O3S/c21-13-5-6-17(15(22)11-13)26-12-19(25)24-9-7-14(8-10-24)27-20-23-16-3-1-2-4-18(16)28-20/h1-6,11,14H,7-10,12H2. The van der Waals surface area contributed by atoms with Crippen molar-refractivity contribution in [2.45, 2.75) is 18.9 Å². The number of piperidine rings is 1. The van der Waals surface area contributed by atoms with E-state index in [1.54, 1.807) is 34.4 Å². The summed E-state index contributed by atoms with van der Waals surface area (Å²) >= 11 is 13.5. The summed E-state index contributed by atoms with van der Waals surface area (Å²) in [5.41, 5.74) is 0.952. The van der Waals surface area contributed by atoms with E-state index in [4.69, 9.17) is 32.7 Å². The molecule has 1 aromatic heterocycles. The van der Waals surface area contributed by atoms with Gasteiger partial charge < -0.3 is 14.4 Å². The Morgan fingerprint density at radius 1 is 1.18 bits per heavy atom. The first kappa shape index (κ1) is 19.3. The molecular formula is C20H18Cl2N2O3S. The SMILES string of the molecule is O=C(COc1ccc(Cl)cc1Cl)N1CCC(Oc2nc3ccccc3s2)CC1. The minimum absolute atomic E-state index is 0.0508. The average molecular weight is 437 g/mol. The molecule has 1 amide bonds. The number of nitrogens with zero attached hydrogens (tertiary/aromatic N) is 2. The van der Waals surface area contributed by atoms with Crippen molar-refractivity contribution in [1.29, 1.82) is 0 Å². The van der Waals surface area contributed by atoms with Crippen molar-refractivity contribution in [2.24, 2.45) is 0 Å². The van der Waals surface area contributed by atoms with E-state index in [-0.39, 0.29) is 18.6 Å². The van der Waals surface area contributed by atoms with Gasteiger partial charge in [-0.3, -0.25) is 4.79 Å². The van der Waals surface area contributed by atoms with E-state index in [0.717, 1.165) is 23.1 Å². The number of benzene rings is 2. The Balaban J connectivity index is 1.26. The molecule has 0 atom stereocenters. The van der Waals surface area contributed by atoms with Crippen LogP contribution in [0.3, 0.4) is 0 Å². The lowest BCUT2D eigenvalue weighted by molar-refractivity contribution is -0.135. The van der Waals surface area contributed by atoms with Crippen LogP contribution in [0.1, 0.15) is 12.8 Å². The van der Waals surface area contributed by atoms with Gasteiger partial charge in [0.15, 0.2) is 6.61 Å². The fraction of sp³-hybridized carbons (Fsp3) is 0.300. The number of fused-ring (bicyclic) bond motifs is 1. The number of carbonyl (C=O) groups excluding carboxylic acids is 1. The molecule has 4 rings (SSSR count). The Bertz CT molecular complexity index is 953. The zero-order valence-electron chi connectivity index (χ0n) is 14.9. The van der Waals surface area contributed by atoms with Gasteiger partial charge in [-0.25, -0.2) is 4.98 Å². The van der Waals surface area contributed by atoms with E-state index in [1.165, 1.54) is 0 Å². The molecule has 2 heterocycles. The van der Waals surface area contributed by atoms with Gasteiger partial charge in [0, 0.05) is 31.0 Å². The number of rotatable bonds is 5. The van der Waals surface area contributed by atoms with Crippen molar-refractivity contribution in [3.8, 4) is 10.9 Å². The van der Waals surface area contributed by atoms with Crippen molar-refractivity contribution < 1.29 is 14.3 Å². The van der Waals surface area contributed by atoms with Crippen LogP contribution in [0.5, 0.6) is 10.9 Å². The number of hydrogen-bond donors (Lipinski definition) is 0. The van der Waals surface area contributed by atoms with E-state index in [1.807, 2.05) is 24.3 Å². The summed E-state index contributed by atoms with van der Waals surface area (Å²) in [6, 6.07) is 12.9. The number of ether oxygens (including phenoxy) is 2. The number of carbonyl (C=O) groups is 1. The third kappa shape index (κ3) is 4.51. The lowest BCUT2D eigenvalue weighted by atomic mass is 10.1. The van der Waals surface area contributed by atoms with Crippen LogP contribution in [0.2, 0.25) is 10.0 Å². The molecule has 1 aliphatic rings. The molecule has 2 aromatic carbocycles. The van der Waals surface area contributed by atoms with E-state index in [0.29, 0.717) is 34.1 Å². The highest BCUT2D eigenvalue weighted by atomic mass is 35.5. The maximum atomic E-state index is 12.4. The predicted octanol–water partition coefficient (Wildman–Crippen LogP) is 5.05. The normalized spacial score (nSPS) is 15.0. The molecule has 0 bridgehead atoms. The number of hydrogen-bond acceptors (Lipinski definition) is 5. The Kier molecular flexibility index (Phi) is 5.90. The van der Waals surface area contributed by atoms with E-state index < -0.39 is 0 Å². The van der Waals surface area contributed by atoms with Crippen molar-refractivity contribution >= 4 is 50.7 Å². The molecule has 8 heteroatoms. The average Bonchev–Trinajstić information content (AvgIpc) is 3.10. The zero-order chi connectivity index (χ0) is 19.5. The highest BCUT2D eigenvalue weighted by molar-refractivity contribution is 7.20. The van der Waals surface area contributed by atoms with Gasteiger partial charge in [0.2, 0.25) is 0 Å². The molecule has 28 heavy (non-hydrogen) atoms. The molecule has 146 valence electrons. The van der Waals surface area contributed by atoms with Gasteiger partial charge in [-0.1, -0.05) is 46.7 Å². The van der Waals surface area contributed by atoms with Crippen molar-refractivity contribution in [1.82, 2.24) is 9.88 Å². The second-order valence-corrected chi connectivity index (χ2v) is 8.35. The van der Waals surface area contributed by atoms with Crippen LogP contribution >= 0.6 is 34.5 Å². The van der Waals surface area contributed by atoms with Crippen LogP contribution in [0.4, 0.5) is 0 Å². The summed E-state index contributed by atoms with van der Waals surface area (Å²) in [7, 11) is 0. The monoisotopic (exact) mass is 436 g/mol. The molecule has 0 aliphatic carbocycles. The maximum Gasteiger partial charge on any atom is 0.274 e. The first-order valence-electron chi connectivity index (χ1n) is 8.96. The summed E-state index contributed by atoms with van der Waals surface area (Å²) in [6.45, 7) is 1.21. The second-order valence-electron chi connectivity index (χ2n) is 6.51. The van der Waals surface area contributed by atoms with E-state index in [9.17, 15) is 4.79 Å². The van der Waals surface area contributed by atoms with E-state index in [2.05, 4.69) is 4.98 Å². The Hall–Kier alpha value is -2.02. The maximum absolute atomic E-state index is 12.4. The number of amides is 1. The smallest absolute Gasteiger partial charge is 0.274 e. The topological polar surface area (TPSA) is 51.7 Å². The van der Waals surface area contributed by atoms with Crippen LogP contribution in [0, 0.1) is 0 Å². The van der Waals surface area contributed by atoms with Crippen LogP contribution in [-0.2, 0) is 4.79 Å². The molecule has 0 N–H and O–H groups in total. The Morgan fingerprint density at radius 3 is 2.71 bits per heavy atom. The molecule has 0 saturated carbocycles. The first-order valence-corrected chi connectivity index (χ1v) is 10.5. The van der Waals surface area contributed by atoms with Gasteiger partial charge in [-0.15, -0.1) is 0 Å². The molecule has 0 spiro atoms. The number of likely N-dealkylation sites (tertiary alicyclic amines) is 1. The second kappa shape index (κ2) is 8.55. The number of para-hydroxylation sites is 1. The van der Waals surface area contributed by atoms with E-state index >= 15 is 0 Å². The third-order valence-corrected chi connectivity index (χ3v) is 6.04. The molecule has 0 radical (unpaired) electrons. The Morgan fingerprint density at radius 2 is 1.96 bits per heavy atom. The van der Waals surface area contributed by atoms with Gasteiger partial charge in [-0.2, -0.15) is 0 Å². The van der Waals surface area contributed by atoms with Crippen molar-refractivity contribution in [3.05, 3.63) is 52.5 Å². The third-order valence-electron chi connectivity index (χ3n) is 4.58. The minimum atomic E-state index is -0.0653. The fourth-order valence-electron chi connectivity index (χ4n) is 3.09. The lowest BCUT2D eigenvalue weighted by Crippen LogP contribution is -2.43. The quantitative estimate of drug-likeness (QED) is 0.561. The van der Waals surface area contributed by atoms with Gasteiger partial charge >= 0.3 is 0 Å². The lowest BCUT2D eigenvalue weighted by Gasteiger charge is -2.31. The zero-order valence-corrected chi connectivity index (χ0v) is 17.3. The molecule has 1 fully saturated rings. The largest absolute Gasteiger partial charge is 0.482 e. The molecule has 1 aliphatic heterocycles. The minimum Gasteiger partial charge on any atom is -0.482 e. The molecule has 5 nitrogen and oxygen atoms in total. The summed E-state index contributed by atoms with van der Waals surface area (Å²) in [5, 5.41) is 1.61. The summed E-state index contributed by atoms with van der Waals surface area (Å²) in [4.78, 5) is 18.7. The molecule has 1 saturated heterocycles. The molecule has 0 unspecified atom stereocenters. The van der Waals surface area contributed by atoms with Crippen molar-refractivity contribution in [3.63, 3.8) is 0 Å². The molecule has 3 aromatic rings. The molecular weight excluding hydrogens is 419 g/mol. The van der Waals surface area contributed by atoms with Crippen LogP contribution in [-0.4, -0.2) is 41.6 Å². The first-order chi connectivity index (χ1) is 13.6. The number of aromatic nitrogens is 1. The summed E-state index contributed by atoms with van der Waals surface area (Å²) in [5.74, 6) is 0.387. The van der Waals surface area contributed by atoms with Gasteiger partial charge in [-0.05, 0) is 30.3 Å². The van der Waals surface area contributed by atoms with Gasteiger partial charge in [0.05, 0.1) is 15.2 Å². The highest BCUT2D eigenvalue weighted by Gasteiger charge is 2.25.